The number of nitrogens with one attached hydrogen (secondary N) is 3. The summed E-state index contributed by atoms with van der Waals surface area (Å²) in [6, 6.07) is 10.2. The third kappa shape index (κ3) is 5.15. The number of aryl methyl sites for hydroxylation is 2. The van der Waals surface area contributed by atoms with Crippen molar-refractivity contribution in [2.45, 2.75) is 13.8 Å². The van der Waals surface area contributed by atoms with Gasteiger partial charge < -0.3 is 24.7 Å². The first-order chi connectivity index (χ1) is 15.1. The summed E-state index contributed by atoms with van der Waals surface area (Å²) in [7, 11) is 1.90. The molecular weight excluding hydrogens is 392 g/mol. The minimum atomic E-state index is 0.556. The van der Waals surface area contributed by atoms with Crippen molar-refractivity contribution in [1.29, 1.82) is 0 Å². The predicted molar refractivity (Wildman–Crippen MR) is 126 cm³/mol. The second-order valence-electron chi connectivity index (χ2n) is 7.65. The number of H-pyrrole nitrogens is 1. The Bertz CT molecular complexity index is 1060. The summed E-state index contributed by atoms with van der Waals surface area (Å²) < 4.78 is 11.3. The topological polar surface area (TPSA) is 86.8 Å². The summed E-state index contributed by atoms with van der Waals surface area (Å²) in [4.78, 5) is 10.3. The third-order valence-corrected chi connectivity index (χ3v) is 5.48. The second-order valence-corrected chi connectivity index (χ2v) is 7.65. The smallest absolute Gasteiger partial charge is 0.215 e. The molecule has 1 aliphatic rings. The summed E-state index contributed by atoms with van der Waals surface area (Å²) in [6.45, 7) is 8.68. The van der Waals surface area contributed by atoms with Gasteiger partial charge >= 0.3 is 0 Å². The van der Waals surface area contributed by atoms with E-state index >= 15 is 0 Å². The Labute approximate surface area is 182 Å². The van der Waals surface area contributed by atoms with Crippen molar-refractivity contribution >= 4 is 28.5 Å². The van der Waals surface area contributed by atoms with Gasteiger partial charge in [-0.2, -0.15) is 5.10 Å². The second kappa shape index (κ2) is 9.80. The van der Waals surface area contributed by atoms with Gasteiger partial charge in [0, 0.05) is 48.0 Å². The number of pyridine rings is 1. The molecule has 1 aromatic carbocycles. The Kier molecular flexibility index (Phi) is 6.69. The van der Waals surface area contributed by atoms with Gasteiger partial charge in [-0.25, -0.2) is 4.98 Å². The fourth-order valence-corrected chi connectivity index (χ4v) is 3.62. The minimum Gasteiger partial charge on any atom is -0.476 e. The summed E-state index contributed by atoms with van der Waals surface area (Å²) in [5.74, 6) is 0.598. The zero-order chi connectivity index (χ0) is 21.6. The lowest BCUT2D eigenvalue weighted by Gasteiger charge is -2.29. The number of ether oxygens (including phenoxy) is 2. The lowest BCUT2D eigenvalue weighted by molar-refractivity contribution is 0.122. The number of aromatic amines is 1. The van der Waals surface area contributed by atoms with Crippen LogP contribution in [0.4, 0.5) is 11.4 Å². The van der Waals surface area contributed by atoms with Gasteiger partial charge in [0.15, 0.2) is 0 Å². The van der Waals surface area contributed by atoms with Gasteiger partial charge in [-0.3, -0.25) is 5.43 Å². The van der Waals surface area contributed by atoms with E-state index in [0.717, 1.165) is 55.4 Å². The van der Waals surface area contributed by atoms with Crippen LogP contribution < -0.4 is 20.4 Å². The molecule has 2 aromatic heterocycles. The van der Waals surface area contributed by atoms with Crippen LogP contribution in [0.5, 0.6) is 5.88 Å². The molecule has 0 spiro atoms. The number of morpholine rings is 1. The van der Waals surface area contributed by atoms with Crippen molar-refractivity contribution in [3.05, 3.63) is 47.3 Å². The Morgan fingerprint density at radius 3 is 2.87 bits per heavy atom. The maximum atomic E-state index is 5.83. The number of hydrazone groups is 1. The first-order valence-electron chi connectivity index (χ1n) is 10.6. The number of nitrogens with zero attached hydrogens (tertiary/aromatic N) is 3. The van der Waals surface area contributed by atoms with Crippen LogP contribution in [0.25, 0.3) is 10.9 Å². The molecule has 1 fully saturated rings. The van der Waals surface area contributed by atoms with Crippen LogP contribution in [0.15, 0.2) is 35.4 Å². The van der Waals surface area contributed by atoms with Crippen molar-refractivity contribution in [1.82, 2.24) is 15.3 Å². The molecule has 0 unspecified atom stereocenters. The van der Waals surface area contributed by atoms with Crippen LogP contribution in [0.1, 0.15) is 17.0 Å². The molecule has 0 saturated carbocycles. The van der Waals surface area contributed by atoms with Crippen molar-refractivity contribution in [3.8, 4) is 5.88 Å². The highest BCUT2D eigenvalue weighted by Gasteiger charge is 2.14. The average Bonchev–Trinajstić information content (AvgIpc) is 3.08. The van der Waals surface area contributed by atoms with Crippen molar-refractivity contribution in [3.63, 3.8) is 0 Å². The van der Waals surface area contributed by atoms with Crippen LogP contribution >= 0.6 is 0 Å². The number of benzene rings is 1. The van der Waals surface area contributed by atoms with Crippen LogP contribution in [-0.4, -0.2) is 62.7 Å². The fraction of sp³-hybridized carbons (Fsp3) is 0.391. The number of fused-ring (bicyclic) bond motifs is 1. The van der Waals surface area contributed by atoms with Gasteiger partial charge in [-0.05, 0) is 50.7 Å². The normalized spacial score (nSPS) is 14.5. The van der Waals surface area contributed by atoms with E-state index in [0.29, 0.717) is 12.5 Å². The van der Waals surface area contributed by atoms with E-state index in [1.807, 2.05) is 25.2 Å². The van der Waals surface area contributed by atoms with Gasteiger partial charge in [0.1, 0.15) is 6.61 Å². The van der Waals surface area contributed by atoms with E-state index in [1.54, 1.807) is 6.21 Å². The third-order valence-electron chi connectivity index (χ3n) is 5.48. The Balaban J connectivity index is 1.52. The SMILES string of the molecule is CNCCOc1cc(N2CCOCC2)cc(/C=N/Nc2ccc3[nH]c(C)c(C)c3c2)n1. The molecule has 0 bridgehead atoms. The number of hydrogen-bond donors (Lipinski definition) is 3. The summed E-state index contributed by atoms with van der Waals surface area (Å²) in [5, 5.41) is 8.70. The van der Waals surface area contributed by atoms with E-state index in [1.165, 1.54) is 16.6 Å². The van der Waals surface area contributed by atoms with Gasteiger partial charge in [-0.1, -0.05) is 0 Å². The minimum absolute atomic E-state index is 0.556. The molecule has 0 radical (unpaired) electrons. The number of anilines is 2. The molecule has 3 N–H and O–H groups in total. The number of hydrogen-bond acceptors (Lipinski definition) is 7. The lowest BCUT2D eigenvalue weighted by Crippen LogP contribution is -2.36. The largest absolute Gasteiger partial charge is 0.476 e. The first kappa shape index (κ1) is 21.1. The molecule has 4 rings (SSSR count). The molecule has 31 heavy (non-hydrogen) atoms. The Morgan fingerprint density at radius 1 is 1.23 bits per heavy atom. The molecule has 1 saturated heterocycles. The van der Waals surface area contributed by atoms with Crippen LogP contribution in [-0.2, 0) is 4.74 Å². The highest BCUT2D eigenvalue weighted by atomic mass is 16.5. The van der Waals surface area contributed by atoms with Gasteiger partial charge in [0.05, 0.1) is 30.8 Å². The van der Waals surface area contributed by atoms with Crippen molar-refractivity contribution in [2.75, 3.05) is 56.8 Å². The Morgan fingerprint density at radius 2 is 2.06 bits per heavy atom. The standard InChI is InChI=1S/C23H30N6O2/c1-16-17(2)26-22-5-4-18(13-21(16)22)28-25-15-19-12-20(29-7-10-30-11-8-29)14-23(27-19)31-9-6-24-3/h4-5,12-15,24,26,28H,6-11H2,1-3H3/b25-15+. The molecule has 0 aliphatic carbocycles. The highest BCUT2D eigenvalue weighted by Crippen LogP contribution is 2.25. The molecule has 1 aliphatic heterocycles. The fourth-order valence-electron chi connectivity index (χ4n) is 3.62. The molecule has 8 nitrogen and oxygen atoms in total. The zero-order valence-electron chi connectivity index (χ0n) is 18.4. The predicted octanol–water partition coefficient (Wildman–Crippen LogP) is 3.06. The highest BCUT2D eigenvalue weighted by molar-refractivity contribution is 5.87. The maximum Gasteiger partial charge on any atom is 0.215 e. The van der Waals surface area contributed by atoms with E-state index < -0.39 is 0 Å². The molecule has 164 valence electrons. The maximum absolute atomic E-state index is 5.83. The average molecular weight is 423 g/mol. The van der Waals surface area contributed by atoms with Gasteiger partial charge in [0.2, 0.25) is 5.88 Å². The van der Waals surface area contributed by atoms with Crippen LogP contribution in [0.3, 0.4) is 0 Å². The van der Waals surface area contributed by atoms with Crippen LogP contribution in [0.2, 0.25) is 0 Å². The van der Waals surface area contributed by atoms with Crippen molar-refractivity contribution in [2.24, 2.45) is 5.10 Å². The van der Waals surface area contributed by atoms with E-state index in [2.05, 4.69) is 56.7 Å². The molecule has 0 amide bonds. The summed E-state index contributed by atoms with van der Waals surface area (Å²) in [6.07, 6.45) is 1.73. The molecule has 8 heteroatoms. The van der Waals surface area contributed by atoms with E-state index in [4.69, 9.17) is 9.47 Å². The quantitative estimate of drug-likeness (QED) is 0.294. The van der Waals surface area contributed by atoms with E-state index in [-0.39, 0.29) is 0 Å². The van der Waals surface area contributed by atoms with Crippen LogP contribution in [0, 0.1) is 13.8 Å². The first-order valence-corrected chi connectivity index (χ1v) is 10.6. The lowest BCUT2D eigenvalue weighted by atomic mass is 10.1. The summed E-state index contributed by atoms with van der Waals surface area (Å²) in [5.41, 5.74) is 9.44. The zero-order valence-corrected chi connectivity index (χ0v) is 18.4. The van der Waals surface area contributed by atoms with Gasteiger partial charge in [-0.15, -0.1) is 0 Å². The number of likely N-dealkylation sites (N-methyl/N-ethyl adjacent to an activating group) is 1. The number of rotatable bonds is 8. The monoisotopic (exact) mass is 422 g/mol. The Hall–Kier alpha value is -3.10. The molecular formula is C23H30N6O2. The van der Waals surface area contributed by atoms with Gasteiger partial charge in [0.25, 0.3) is 0 Å². The molecule has 3 heterocycles. The van der Waals surface area contributed by atoms with E-state index in [9.17, 15) is 0 Å². The van der Waals surface area contributed by atoms with Crippen molar-refractivity contribution < 1.29 is 9.47 Å². The number of aromatic nitrogens is 2. The molecule has 3 aromatic rings. The summed E-state index contributed by atoms with van der Waals surface area (Å²) >= 11 is 0. The molecule has 0 atom stereocenters.